The molecule has 0 amide bonds. The van der Waals surface area contributed by atoms with Crippen molar-refractivity contribution in [1.29, 1.82) is 0 Å². The van der Waals surface area contributed by atoms with Crippen LogP contribution in [0.3, 0.4) is 0 Å². The van der Waals surface area contributed by atoms with Crippen LogP contribution in [0.2, 0.25) is 0 Å². The normalized spacial score (nSPS) is 14.3. The van der Waals surface area contributed by atoms with E-state index in [2.05, 4.69) is 13.8 Å². The van der Waals surface area contributed by atoms with Crippen LogP contribution in [-0.4, -0.2) is 11.0 Å². The molecule has 0 aliphatic carbocycles. The first-order valence-corrected chi connectivity index (χ1v) is 5.38. The largest absolute Gasteiger partial charge is 0.410 e. The summed E-state index contributed by atoms with van der Waals surface area (Å²) in [6, 6.07) is 5.77. The minimum Gasteiger partial charge on any atom is -0.410 e. The molecular formula is C12H12O2S. The van der Waals surface area contributed by atoms with Gasteiger partial charge in [-0.3, -0.25) is 0 Å². The van der Waals surface area contributed by atoms with E-state index in [1.54, 1.807) is 0 Å². The smallest absolute Gasteiger partial charge is 0.345 e. The van der Waals surface area contributed by atoms with Crippen LogP contribution >= 0.6 is 12.2 Å². The summed E-state index contributed by atoms with van der Waals surface area (Å²) in [6.07, 6.45) is 0.966. The van der Waals surface area contributed by atoms with E-state index in [4.69, 9.17) is 17.0 Å². The molecule has 0 radical (unpaired) electrons. The zero-order valence-corrected chi connectivity index (χ0v) is 9.56. The van der Waals surface area contributed by atoms with E-state index in [0.717, 1.165) is 17.5 Å². The summed E-state index contributed by atoms with van der Waals surface area (Å²) in [5, 5.41) is 0.297. The third-order valence-electron chi connectivity index (χ3n) is 2.35. The first-order valence-electron chi connectivity index (χ1n) is 4.97. The van der Waals surface area contributed by atoms with Crippen molar-refractivity contribution in [2.75, 3.05) is 0 Å². The Morgan fingerprint density at radius 2 is 2.07 bits per heavy atom. The van der Waals surface area contributed by atoms with Crippen molar-refractivity contribution in [2.24, 2.45) is 5.92 Å². The van der Waals surface area contributed by atoms with Crippen LogP contribution in [0, 0.1) is 5.92 Å². The summed E-state index contributed by atoms with van der Waals surface area (Å²) >= 11 is 4.94. The number of thiocarbonyl (C=S) groups is 1. The lowest BCUT2D eigenvalue weighted by atomic mass is 9.99. The van der Waals surface area contributed by atoms with Crippen molar-refractivity contribution >= 4 is 23.2 Å². The summed E-state index contributed by atoms with van der Waals surface area (Å²) in [7, 11) is 0. The highest BCUT2D eigenvalue weighted by molar-refractivity contribution is 7.80. The second kappa shape index (κ2) is 3.74. The second-order valence-electron chi connectivity index (χ2n) is 4.15. The van der Waals surface area contributed by atoms with E-state index in [1.807, 2.05) is 18.2 Å². The highest BCUT2D eigenvalue weighted by Gasteiger charge is 2.26. The molecule has 78 valence electrons. The number of rotatable bonds is 2. The molecule has 3 heteroatoms. The van der Waals surface area contributed by atoms with Crippen LogP contribution in [0.4, 0.5) is 0 Å². The fraction of sp³-hybridized carbons (Fsp3) is 0.333. The molecule has 1 aliphatic heterocycles. The highest BCUT2D eigenvalue weighted by atomic mass is 32.1. The van der Waals surface area contributed by atoms with Crippen molar-refractivity contribution in [3.8, 4) is 0 Å². The highest BCUT2D eigenvalue weighted by Crippen LogP contribution is 2.23. The molecule has 0 saturated carbocycles. The molecule has 2 rings (SSSR count). The molecule has 15 heavy (non-hydrogen) atoms. The average Bonchev–Trinajstić information content (AvgIpc) is 2.41. The number of hydrogen-bond donors (Lipinski definition) is 0. The van der Waals surface area contributed by atoms with Gasteiger partial charge in [0.05, 0.1) is 5.56 Å². The van der Waals surface area contributed by atoms with E-state index >= 15 is 0 Å². The fourth-order valence-electron chi connectivity index (χ4n) is 1.73. The Hall–Kier alpha value is -1.22. The molecule has 1 aliphatic rings. The summed E-state index contributed by atoms with van der Waals surface area (Å²) in [6.45, 7) is 4.30. The molecule has 0 N–H and O–H groups in total. The third-order valence-corrected chi connectivity index (χ3v) is 2.66. The minimum absolute atomic E-state index is 0.297. The van der Waals surface area contributed by atoms with Crippen LogP contribution in [0.1, 0.15) is 35.3 Å². The molecule has 2 nitrogen and oxygen atoms in total. The van der Waals surface area contributed by atoms with Crippen LogP contribution in [-0.2, 0) is 11.2 Å². The number of cyclic esters (lactones) is 1. The van der Waals surface area contributed by atoms with Gasteiger partial charge in [-0.25, -0.2) is 4.79 Å². The van der Waals surface area contributed by atoms with Crippen LogP contribution < -0.4 is 0 Å². The number of fused-ring (bicyclic) bond motifs is 1. The Bertz CT molecular complexity index is 435. The first kappa shape index (κ1) is 10.3. The molecule has 0 unspecified atom stereocenters. The van der Waals surface area contributed by atoms with E-state index in [9.17, 15) is 4.79 Å². The Morgan fingerprint density at radius 3 is 2.73 bits per heavy atom. The Balaban J connectivity index is 2.38. The van der Waals surface area contributed by atoms with Gasteiger partial charge in [-0.2, -0.15) is 0 Å². The molecule has 0 spiro atoms. The Kier molecular flexibility index (Phi) is 2.57. The number of ether oxygens (including phenoxy) is 1. The topological polar surface area (TPSA) is 26.3 Å². The summed E-state index contributed by atoms with van der Waals surface area (Å²) < 4.78 is 4.88. The molecule has 0 fully saturated rings. The van der Waals surface area contributed by atoms with Gasteiger partial charge >= 0.3 is 5.97 Å². The maximum Gasteiger partial charge on any atom is 0.345 e. The SMILES string of the molecule is CC(C)Cc1ccc2c(c1)C(=O)OC2=S. The van der Waals surface area contributed by atoms with Gasteiger partial charge in [0.2, 0.25) is 5.05 Å². The second-order valence-corrected chi connectivity index (χ2v) is 4.53. The Labute approximate surface area is 94.2 Å². The van der Waals surface area contributed by atoms with Gasteiger partial charge in [-0.1, -0.05) is 19.9 Å². The quantitative estimate of drug-likeness (QED) is 0.566. The number of carbonyl (C=O) groups excluding carboxylic acids is 1. The fourth-order valence-corrected chi connectivity index (χ4v) is 1.98. The average molecular weight is 220 g/mol. The maximum atomic E-state index is 11.4. The monoisotopic (exact) mass is 220 g/mol. The maximum absolute atomic E-state index is 11.4. The number of benzene rings is 1. The summed E-state index contributed by atoms with van der Waals surface area (Å²) in [4.78, 5) is 11.4. The lowest BCUT2D eigenvalue weighted by Gasteiger charge is -2.05. The number of carbonyl (C=O) groups is 1. The molecule has 1 heterocycles. The van der Waals surface area contributed by atoms with E-state index in [0.29, 0.717) is 16.5 Å². The molecule has 0 saturated heterocycles. The van der Waals surface area contributed by atoms with Gasteiger partial charge in [0.15, 0.2) is 0 Å². The lowest BCUT2D eigenvalue weighted by molar-refractivity contribution is 0.0741. The van der Waals surface area contributed by atoms with Crippen LogP contribution in [0.25, 0.3) is 0 Å². The third kappa shape index (κ3) is 1.92. The Morgan fingerprint density at radius 1 is 1.33 bits per heavy atom. The van der Waals surface area contributed by atoms with Crippen LogP contribution in [0.15, 0.2) is 18.2 Å². The van der Waals surface area contributed by atoms with E-state index in [-0.39, 0.29) is 5.97 Å². The van der Waals surface area contributed by atoms with Gasteiger partial charge < -0.3 is 4.74 Å². The van der Waals surface area contributed by atoms with Gasteiger partial charge in [-0.15, -0.1) is 0 Å². The molecule has 0 bridgehead atoms. The first-order chi connectivity index (χ1) is 7.08. The number of esters is 1. The predicted octanol–water partition coefficient (Wildman–Crippen LogP) is 2.73. The summed E-state index contributed by atoms with van der Waals surface area (Å²) in [5.41, 5.74) is 2.52. The van der Waals surface area contributed by atoms with Gasteiger partial charge in [-0.05, 0) is 42.3 Å². The lowest BCUT2D eigenvalue weighted by Crippen LogP contribution is -1.98. The zero-order valence-electron chi connectivity index (χ0n) is 8.74. The summed E-state index contributed by atoms with van der Waals surface area (Å²) in [5.74, 6) is 0.257. The molecule has 0 atom stereocenters. The van der Waals surface area contributed by atoms with Gasteiger partial charge in [0.25, 0.3) is 0 Å². The predicted molar refractivity (Wildman–Crippen MR) is 62.1 cm³/mol. The number of hydrogen-bond acceptors (Lipinski definition) is 3. The molecular weight excluding hydrogens is 208 g/mol. The van der Waals surface area contributed by atoms with Crippen molar-refractivity contribution in [2.45, 2.75) is 20.3 Å². The standard InChI is InChI=1S/C12H12O2S/c1-7(2)5-8-3-4-9-10(6-8)11(13)14-12(9)15/h3-4,6-7H,5H2,1-2H3. The zero-order chi connectivity index (χ0) is 11.0. The van der Waals surface area contributed by atoms with E-state index in [1.165, 1.54) is 0 Å². The van der Waals surface area contributed by atoms with Crippen molar-refractivity contribution in [3.05, 3.63) is 34.9 Å². The minimum atomic E-state index is -0.319. The molecule has 0 aromatic heterocycles. The van der Waals surface area contributed by atoms with E-state index < -0.39 is 0 Å². The molecule has 1 aromatic rings. The van der Waals surface area contributed by atoms with Crippen molar-refractivity contribution in [3.63, 3.8) is 0 Å². The van der Waals surface area contributed by atoms with Gasteiger partial charge in [0, 0.05) is 5.56 Å². The van der Waals surface area contributed by atoms with Gasteiger partial charge in [0.1, 0.15) is 0 Å². The van der Waals surface area contributed by atoms with Crippen LogP contribution in [0.5, 0.6) is 0 Å². The van der Waals surface area contributed by atoms with Crippen molar-refractivity contribution in [1.82, 2.24) is 0 Å². The molecule has 1 aromatic carbocycles. The van der Waals surface area contributed by atoms with Crippen molar-refractivity contribution < 1.29 is 9.53 Å².